The van der Waals surface area contributed by atoms with Crippen molar-refractivity contribution < 1.29 is 22.3 Å². The molecule has 0 saturated heterocycles. The lowest BCUT2D eigenvalue weighted by atomic mass is 10.2. The molecule has 0 aliphatic carbocycles. The van der Waals surface area contributed by atoms with Gasteiger partial charge < -0.3 is 4.74 Å². The van der Waals surface area contributed by atoms with E-state index >= 15 is 0 Å². The molecule has 9 nitrogen and oxygen atoms in total. The number of hydrogen-bond donors (Lipinski definition) is 0. The number of aryl methyl sites for hydroxylation is 1. The Morgan fingerprint density at radius 1 is 1.14 bits per heavy atom. The fourth-order valence-electron chi connectivity index (χ4n) is 2.29. The lowest BCUT2D eigenvalue weighted by Crippen LogP contribution is -2.41. The minimum absolute atomic E-state index is 0.146. The molecule has 28 heavy (non-hydrogen) atoms. The second-order valence-electron chi connectivity index (χ2n) is 5.46. The molecule has 0 aliphatic heterocycles. The molecule has 0 fully saturated rings. The van der Waals surface area contributed by atoms with Gasteiger partial charge in [-0.1, -0.05) is 16.7 Å². The number of tetrazole rings is 1. The van der Waals surface area contributed by atoms with Crippen molar-refractivity contribution in [3.05, 3.63) is 55.6 Å². The fraction of sp³-hybridized carbons (Fsp3) is 0.214. The highest BCUT2D eigenvalue weighted by atomic mass is 35.5. The highest BCUT2D eigenvalue weighted by Crippen LogP contribution is 2.32. The summed E-state index contributed by atoms with van der Waals surface area (Å²) in [6, 6.07) is 1.65. The van der Waals surface area contributed by atoms with Gasteiger partial charge in [0.15, 0.2) is 5.75 Å². The van der Waals surface area contributed by atoms with Crippen molar-refractivity contribution in [2.45, 2.75) is 6.18 Å². The Morgan fingerprint density at radius 2 is 1.82 bits per heavy atom. The molecule has 0 N–H and O–H groups in total. The number of nitrogens with zero attached hydrogens (tertiary/aromatic N) is 6. The molecule has 0 aliphatic rings. The van der Waals surface area contributed by atoms with Gasteiger partial charge in [0.25, 0.3) is 5.56 Å². The molecule has 0 bridgehead atoms. The zero-order valence-corrected chi connectivity index (χ0v) is 14.8. The second kappa shape index (κ2) is 6.74. The van der Waals surface area contributed by atoms with Crippen molar-refractivity contribution in [3.63, 3.8) is 0 Å². The van der Waals surface area contributed by atoms with Gasteiger partial charge in [0.1, 0.15) is 11.5 Å². The van der Waals surface area contributed by atoms with Crippen molar-refractivity contribution in [1.29, 1.82) is 0 Å². The summed E-state index contributed by atoms with van der Waals surface area (Å²) < 4.78 is 60.1. The van der Waals surface area contributed by atoms with E-state index < -0.39 is 34.6 Å². The van der Waals surface area contributed by atoms with E-state index in [2.05, 4.69) is 15.5 Å². The first kappa shape index (κ1) is 19.5. The van der Waals surface area contributed by atoms with Gasteiger partial charge in [-0.25, -0.2) is 13.8 Å². The molecule has 0 atom stereocenters. The van der Waals surface area contributed by atoms with Gasteiger partial charge in [0.2, 0.25) is 0 Å². The highest BCUT2D eigenvalue weighted by molar-refractivity contribution is 6.32. The van der Waals surface area contributed by atoms with Crippen LogP contribution in [-0.4, -0.2) is 29.3 Å². The zero-order chi connectivity index (χ0) is 20.8. The average Bonchev–Trinajstić information content (AvgIpc) is 2.99. The molecular weight excluding hydrogens is 412 g/mol. The van der Waals surface area contributed by atoms with Crippen molar-refractivity contribution in [2.24, 2.45) is 14.1 Å². The molecule has 0 radical (unpaired) electrons. The zero-order valence-electron chi connectivity index (χ0n) is 14.0. The number of aromatic nitrogens is 6. The normalized spacial score (nSPS) is 11.7. The summed E-state index contributed by atoms with van der Waals surface area (Å²) in [5.74, 6) is -1.36. The van der Waals surface area contributed by atoms with Crippen LogP contribution in [0, 0.1) is 5.82 Å². The number of benzene rings is 1. The number of halogens is 5. The van der Waals surface area contributed by atoms with Crippen LogP contribution in [-0.2, 0) is 20.3 Å². The van der Waals surface area contributed by atoms with E-state index in [1.165, 1.54) is 7.05 Å². The Hall–Kier alpha value is -3.22. The summed E-state index contributed by atoms with van der Waals surface area (Å²) in [5, 5.41) is 10.1. The van der Waals surface area contributed by atoms with E-state index in [0.29, 0.717) is 0 Å². The average molecular weight is 421 g/mol. The van der Waals surface area contributed by atoms with Gasteiger partial charge in [-0.3, -0.25) is 9.36 Å². The summed E-state index contributed by atoms with van der Waals surface area (Å²) in [5.41, 5.74) is -4.93. The molecule has 3 rings (SSSR count). The van der Waals surface area contributed by atoms with Crippen LogP contribution in [0.3, 0.4) is 0 Å². The molecule has 3 aromatic rings. The Bertz CT molecular complexity index is 1180. The monoisotopic (exact) mass is 420 g/mol. The minimum atomic E-state index is -4.95. The summed E-state index contributed by atoms with van der Waals surface area (Å²) in [6.45, 7) is 0. The maximum atomic E-state index is 14.4. The minimum Gasteiger partial charge on any atom is -0.422 e. The standard InChI is InChI=1S/C14H9ClF4N6O3/c1-23-10(14(17,18)19)5-11(26)25(13(23)27)8-4-9(6(15)3-7(8)16)28-12-20-21-22-24(12)2/h3-5H,1-2H3. The molecule has 2 heterocycles. The number of rotatable bonds is 3. The summed E-state index contributed by atoms with van der Waals surface area (Å²) >= 11 is 5.89. The van der Waals surface area contributed by atoms with E-state index in [1.807, 2.05) is 0 Å². The predicted octanol–water partition coefficient (Wildman–Crippen LogP) is 1.66. The molecule has 148 valence electrons. The van der Waals surface area contributed by atoms with Crippen LogP contribution < -0.4 is 16.0 Å². The maximum Gasteiger partial charge on any atom is 0.431 e. The number of alkyl halides is 3. The van der Waals surface area contributed by atoms with Crippen molar-refractivity contribution >= 4 is 11.6 Å². The Morgan fingerprint density at radius 3 is 2.39 bits per heavy atom. The quantitative estimate of drug-likeness (QED) is 0.598. The third kappa shape index (κ3) is 3.35. The van der Waals surface area contributed by atoms with Gasteiger partial charge in [0, 0.05) is 26.2 Å². The molecule has 0 amide bonds. The Labute approximate surface area is 157 Å². The number of hydrogen-bond acceptors (Lipinski definition) is 6. The summed E-state index contributed by atoms with van der Waals surface area (Å²) in [4.78, 5) is 24.5. The summed E-state index contributed by atoms with van der Waals surface area (Å²) in [6.07, 6.45) is -4.95. The molecule has 14 heteroatoms. The first-order valence-corrected chi connectivity index (χ1v) is 7.68. The van der Waals surface area contributed by atoms with Crippen LogP contribution in [0.15, 0.2) is 27.8 Å². The smallest absolute Gasteiger partial charge is 0.422 e. The molecule has 1 aromatic carbocycles. The third-order valence-corrected chi connectivity index (χ3v) is 3.93. The van der Waals surface area contributed by atoms with Crippen LogP contribution >= 0.6 is 11.6 Å². The Kier molecular flexibility index (Phi) is 4.71. The van der Waals surface area contributed by atoms with Crippen LogP contribution in [0.1, 0.15) is 5.69 Å². The Balaban J connectivity index is 2.21. The first-order valence-electron chi connectivity index (χ1n) is 7.30. The van der Waals surface area contributed by atoms with E-state index in [4.69, 9.17) is 16.3 Å². The van der Waals surface area contributed by atoms with E-state index in [9.17, 15) is 27.2 Å². The van der Waals surface area contributed by atoms with Gasteiger partial charge >= 0.3 is 17.9 Å². The van der Waals surface area contributed by atoms with Crippen LogP contribution in [0.4, 0.5) is 17.6 Å². The van der Waals surface area contributed by atoms with Crippen molar-refractivity contribution in [1.82, 2.24) is 29.3 Å². The molecule has 0 spiro atoms. The first-order chi connectivity index (χ1) is 13.0. The highest BCUT2D eigenvalue weighted by Gasteiger charge is 2.35. The van der Waals surface area contributed by atoms with E-state index in [0.717, 1.165) is 23.9 Å². The van der Waals surface area contributed by atoms with E-state index in [-0.39, 0.29) is 32.0 Å². The maximum absolute atomic E-state index is 14.4. The van der Waals surface area contributed by atoms with Crippen molar-refractivity contribution in [2.75, 3.05) is 0 Å². The molecule has 2 aromatic heterocycles. The SMILES string of the molecule is Cn1nnnc1Oc1cc(-n2c(=O)cc(C(F)(F)F)n(C)c2=O)c(F)cc1Cl. The van der Waals surface area contributed by atoms with Gasteiger partial charge in [-0.05, 0) is 16.5 Å². The van der Waals surface area contributed by atoms with Gasteiger partial charge in [-0.2, -0.15) is 17.9 Å². The third-order valence-electron chi connectivity index (χ3n) is 3.64. The lowest BCUT2D eigenvalue weighted by Gasteiger charge is -2.15. The van der Waals surface area contributed by atoms with E-state index in [1.54, 1.807) is 0 Å². The van der Waals surface area contributed by atoms with Crippen molar-refractivity contribution in [3.8, 4) is 17.4 Å². The predicted molar refractivity (Wildman–Crippen MR) is 86.1 cm³/mol. The summed E-state index contributed by atoms with van der Waals surface area (Å²) in [7, 11) is 2.24. The topological polar surface area (TPSA) is 96.8 Å². The molecule has 0 saturated carbocycles. The lowest BCUT2D eigenvalue weighted by molar-refractivity contribution is -0.144. The molecule has 0 unspecified atom stereocenters. The largest absolute Gasteiger partial charge is 0.431 e. The van der Waals surface area contributed by atoms with Gasteiger partial charge in [-0.15, -0.1) is 0 Å². The fourth-order valence-corrected chi connectivity index (χ4v) is 2.48. The van der Waals surface area contributed by atoms with Gasteiger partial charge in [0.05, 0.1) is 10.7 Å². The second-order valence-corrected chi connectivity index (χ2v) is 5.87. The van der Waals surface area contributed by atoms with Crippen LogP contribution in [0.25, 0.3) is 5.69 Å². The van der Waals surface area contributed by atoms with Crippen LogP contribution in [0.5, 0.6) is 11.8 Å². The van der Waals surface area contributed by atoms with Crippen LogP contribution in [0.2, 0.25) is 5.02 Å². The molecular formula is C14H9ClF4N6O3. The number of ether oxygens (including phenoxy) is 1.